The van der Waals surface area contributed by atoms with Crippen LogP contribution in [0.5, 0.6) is 23.0 Å². The highest BCUT2D eigenvalue weighted by Crippen LogP contribution is 2.41. The second-order valence-electron chi connectivity index (χ2n) is 13.3. The molecule has 3 aromatic carbocycles. The molecule has 3 aliphatic rings. The Morgan fingerprint density at radius 1 is 0.946 bits per heavy atom. The van der Waals surface area contributed by atoms with Gasteiger partial charge in [-0.1, -0.05) is 29.8 Å². The Morgan fingerprint density at radius 3 is 2.34 bits per heavy atom. The van der Waals surface area contributed by atoms with Crippen LogP contribution in [-0.2, 0) is 32.0 Å². The van der Waals surface area contributed by atoms with Crippen LogP contribution in [0, 0.1) is 11.6 Å². The minimum absolute atomic E-state index is 0.0284. The molecule has 0 aromatic heterocycles. The van der Waals surface area contributed by atoms with Crippen molar-refractivity contribution in [1.82, 2.24) is 25.3 Å². The molecule has 294 valence electrons. The molecule has 0 spiro atoms. The van der Waals surface area contributed by atoms with Crippen molar-refractivity contribution in [2.24, 2.45) is 0 Å². The number of carbonyl (C=O) groups is 6. The second-order valence-corrected chi connectivity index (χ2v) is 13.7. The van der Waals surface area contributed by atoms with Crippen LogP contribution < -0.4 is 15.3 Å². The molecule has 56 heavy (non-hydrogen) atoms. The Balaban J connectivity index is 1.14. The van der Waals surface area contributed by atoms with E-state index in [1.807, 2.05) is 0 Å². The summed E-state index contributed by atoms with van der Waals surface area (Å²) in [6, 6.07) is 5.02. The zero-order valence-electron chi connectivity index (χ0n) is 29.1. The van der Waals surface area contributed by atoms with Gasteiger partial charge in [-0.3, -0.25) is 24.1 Å². The van der Waals surface area contributed by atoms with Crippen molar-refractivity contribution in [3.05, 3.63) is 81.4 Å². The number of phenolic OH excluding ortho intramolecular Hbond substituents is 3. The van der Waals surface area contributed by atoms with Gasteiger partial charge in [-0.25, -0.2) is 18.4 Å². The number of urea groups is 1. The number of phenols is 3. The number of imide groups is 1. The third-order valence-electron chi connectivity index (χ3n) is 9.81. The summed E-state index contributed by atoms with van der Waals surface area (Å²) in [6.07, 6.45) is 0.400. The van der Waals surface area contributed by atoms with Crippen LogP contribution in [0.3, 0.4) is 0 Å². The summed E-state index contributed by atoms with van der Waals surface area (Å²) in [5.41, 5.74) is -0.782. The van der Waals surface area contributed by atoms with Crippen molar-refractivity contribution in [1.29, 1.82) is 0 Å². The normalized spacial score (nSPS) is 17.9. The molecule has 21 heteroatoms. The molecule has 3 aliphatic heterocycles. The number of piperidine rings is 1. The number of likely N-dealkylation sites (tertiary alicyclic amines) is 1. The molecule has 2 fully saturated rings. The largest absolute Gasteiger partial charge is 0.547 e. The average Bonchev–Trinajstić information content (AvgIpc) is 3.15. The molecule has 0 bridgehead atoms. The monoisotopic (exact) mass is 799 g/mol. The number of aromatic carboxylic acids is 1. The minimum Gasteiger partial charge on any atom is -0.534 e. The molecule has 17 nitrogen and oxygen atoms in total. The van der Waals surface area contributed by atoms with E-state index >= 15 is 0 Å². The third-order valence-corrected chi connectivity index (χ3v) is 10.2. The third kappa shape index (κ3) is 7.83. The van der Waals surface area contributed by atoms with E-state index in [-0.39, 0.29) is 56.2 Å². The topological polar surface area (TPSA) is 247 Å². The lowest BCUT2D eigenvalue weighted by Crippen LogP contribution is -2.62. The van der Waals surface area contributed by atoms with Gasteiger partial charge in [-0.05, 0) is 54.7 Å². The molecule has 2 atom stereocenters. The molecule has 0 saturated carbocycles. The van der Waals surface area contributed by atoms with Gasteiger partial charge in [0.2, 0.25) is 11.8 Å². The van der Waals surface area contributed by atoms with Gasteiger partial charge in [0, 0.05) is 37.8 Å². The molecule has 6 rings (SSSR count). The maximum absolute atomic E-state index is 14.7. The van der Waals surface area contributed by atoms with Crippen molar-refractivity contribution < 1.29 is 67.7 Å². The Kier molecular flexibility index (Phi) is 11.2. The van der Waals surface area contributed by atoms with Crippen LogP contribution in [0.2, 0.25) is 5.02 Å². The lowest BCUT2D eigenvalue weighted by molar-refractivity contribution is -0.156. The number of amides is 6. The van der Waals surface area contributed by atoms with Crippen LogP contribution in [0.1, 0.15) is 45.9 Å². The van der Waals surface area contributed by atoms with Crippen molar-refractivity contribution in [2.45, 2.75) is 43.7 Å². The Bertz CT molecular complexity index is 2140. The number of hydrogen-bond acceptors (Lipinski definition) is 11. The van der Waals surface area contributed by atoms with E-state index in [2.05, 4.69) is 10.6 Å². The zero-order chi connectivity index (χ0) is 40.6. The number of piperazine rings is 1. The Morgan fingerprint density at radius 2 is 1.66 bits per heavy atom. The molecule has 3 heterocycles. The highest BCUT2D eigenvalue weighted by atomic mass is 35.5. The van der Waals surface area contributed by atoms with Gasteiger partial charge in [0.05, 0.1) is 17.4 Å². The van der Waals surface area contributed by atoms with Gasteiger partial charge in [0.25, 0.3) is 0 Å². The van der Waals surface area contributed by atoms with Crippen LogP contribution in [-0.4, -0.2) is 121 Å². The standard InChI is InChI=1S/C35H33BClF2N5O12/c37-26-20(15-22(39)28(47)29(26)48)27(31(49)40-23-14-17-4-5-21(38)25(34(52)53)30(17)56-36(23)55)41-35(54)44-11-10-43(32(50)33(44)51)18-6-8-42(9-7-18)24(46)13-16-2-1-3-19(45)12-16/h1-5,12,15,18,23,27,45,47-48,55H,6-11,13-14H2,(H,40,49)(H,41,54)(H,52,53)/t23-,27?/m0/s1. The lowest BCUT2D eigenvalue weighted by atomic mass is 9.72. The summed E-state index contributed by atoms with van der Waals surface area (Å²) in [7, 11) is -1.97. The molecule has 7 N–H and O–H groups in total. The molecule has 0 aliphatic carbocycles. The first-order valence-electron chi connectivity index (χ1n) is 17.1. The fourth-order valence-electron chi connectivity index (χ4n) is 6.91. The summed E-state index contributed by atoms with van der Waals surface area (Å²) in [5.74, 6) is -12.3. The van der Waals surface area contributed by atoms with E-state index in [9.17, 15) is 63.0 Å². The molecular weight excluding hydrogens is 767 g/mol. The van der Waals surface area contributed by atoms with Gasteiger partial charge in [0.1, 0.15) is 28.9 Å². The highest BCUT2D eigenvalue weighted by molar-refractivity contribution is 6.47. The molecule has 3 aromatic rings. The zero-order valence-corrected chi connectivity index (χ0v) is 29.8. The number of benzene rings is 3. The maximum atomic E-state index is 14.7. The number of hydrogen-bond donors (Lipinski definition) is 7. The van der Waals surface area contributed by atoms with Gasteiger partial charge in [0.15, 0.2) is 17.3 Å². The Labute approximate surface area is 321 Å². The molecule has 0 radical (unpaired) electrons. The average molecular weight is 800 g/mol. The first-order valence-corrected chi connectivity index (χ1v) is 17.5. The SMILES string of the molecule is O=C(O)c1c(F)ccc2c1OB(O)[C@@H](NC(=O)C(NC(=O)N1CCN(C3CCN(C(=O)Cc4cccc(O)c4)CC3)C(=O)C1=O)c1cc(F)c(O)c(O)c1Cl)C2. The quantitative estimate of drug-likeness (QED) is 0.0967. The summed E-state index contributed by atoms with van der Waals surface area (Å²) >= 11 is 6.16. The molecule has 6 amide bonds. The first-order chi connectivity index (χ1) is 26.5. The molecule has 1 unspecified atom stereocenters. The predicted octanol–water partition coefficient (Wildman–Crippen LogP) is 1.23. The van der Waals surface area contributed by atoms with Crippen LogP contribution in [0.4, 0.5) is 13.6 Å². The fourth-order valence-corrected chi connectivity index (χ4v) is 7.17. The summed E-state index contributed by atoms with van der Waals surface area (Å²) in [5, 5.41) is 53.6. The second kappa shape index (κ2) is 15.9. The van der Waals surface area contributed by atoms with Crippen LogP contribution in [0.15, 0.2) is 42.5 Å². The van der Waals surface area contributed by atoms with Crippen LogP contribution >= 0.6 is 11.6 Å². The fraction of sp³-hybridized carbons (Fsp3) is 0.314. The number of nitrogens with zero attached hydrogens (tertiary/aromatic N) is 3. The summed E-state index contributed by atoms with van der Waals surface area (Å²) < 4.78 is 34.2. The van der Waals surface area contributed by atoms with Gasteiger partial charge in [-0.2, -0.15) is 0 Å². The van der Waals surface area contributed by atoms with E-state index in [1.54, 1.807) is 17.0 Å². The number of aromatic hydroxyl groups is 3. The van der Waals surface area contributed by atoms with Crippen molar-refractivity contribution >= 4 is 54.3 Å². The maximum Gasteiger partial charge on any atom is 0.547 e. The number of rotatable bonds is 8. The van der Waals surface area contributed by atoms with E-state index in [0.29, 0.717) is 29.4 Å². The number of nitrogens with one attached hydrogen (secondary N) is 2. The number of halogens is 3. The van der Waals surface area contributed by atoms with Crippen molar-refractivity contribution in [3.63, 3.8) is 0 Å². The van der Waals surface area contributed by atoms with Crippen molar-refractivity contribution in [3.8, 4) is 23.0 Å². The summed E-state index contributed by atoms with van der Waals surface area (Å²) in [6.45, 7) is 0.0961. The number of fused-ring (bicyclic) bond motifs is 1. The predicted molar refractivity (Wildman–Crippen MR) is 188 cm³/mol. The van der Waals surface area contributed by atoms with E-state index in [0.717, 1.165) is 12.1 Å². The highest BCUT2D eigenvalue weighted by Gasteiger charge is 2.44. The van der Waals surface area contributed by atoms with Crippen molar-refractivity contribution in [2.75, 3.05) is 26.2 Å². The number of carboxylic acid groups (broad SMARTS) is 1. The van der Waals surface area contributed by atoms with E-state index < -0.39 is 99.9 Å². The minimum atomic E-state index is -2.06. The van der Waals surface area contributed by atoms with Crippen LogP contribution in [0.25, 0.3) is 0 Å². The van der Waals surface area contributed by atoms with Gasteiger partial charge >= 0.3 is 30.9 Å². The lowest BCUT2D eigenvalue weighted by Gasteiger charge is -2.41. The van der Waals surface area contributed by atoms with Gasteiger partial charge in [-0.15, -0.1) is 0 Å². The number of carbonyl (C=O) groups excluding carboxylic acids is 5. The van der Waals surface area contributed by atoms with Gasteiger partial charge < -0.3 is 50.5 Å². The smallest absolute Gasteiger partial charge is 0.534 e. The Hall–Kier alpha value is -6.15. The molecular formula is C35H33BClF2N5O12. The molecule has 2 saturated heterocycles. The van der Waals surface area contributed by atoms with E-state index in [1.165, 1.54) is 17.0 Å². The first kappa shape index (κ1) is 39.5. The van der Waals surface area contributed by atoms with E-state index in [4.69, 9.17) is 16.3 Å². The summed E-state index contributed by atoms with van der Waals surface area (Å²) in [4.78, 5) is 81.9. The number of carboxylic acids is 1.